The Balaban J connectivity index is 2.24. The number of carbonyl (C=O) groups excluding carboxylic acids is 1. The highest BCUT2D eigenvalue weighted by atomic mass is 32.2. The van der Waals surface area contributed by atoms with Crippen molar-refractivity contribution in [1.29, 1.82) is 5.26 Å². The first kappa shape index (κ1) is 14.2. The van der Waals surface area contributed by atoms with Crippen LogP contribution >= 0.6 is 11.8 Å². The summed E-state index contributed by atoms with van der Waals surface area (Å²) in [7, 11) is 0. The highest BCUT2D eigenvalue weighted by Gasteiger charge is 2.12. The van der Waals surface area contributed by atoms with Crippen molar-refractivity contribution < 1.29 is 9.53 Å². The fourth-order valence-corrected chi connectivity index (χ4v) is 2.59. The first-order chi connectivity index (χ1) is 9.74. The van der Waals surface area contributed by atoms with Crippen LogP contribution in [0.5, 0.6) is 0 Å². The van der Waals surface area contributed by atoms with Crippen LogP contribution in [0.4, 0.5) is 0 Å². The minimum atomic E-state index is -0.316. The molecule has 0 N–H and O–H groups in total. The van der Waals surface area contributed by atoms with Crippen molar-refractivity contribution in [2.75, 3.05) is 6.61 Å². The van der Waals surface area contributed by atoms with Crippen LogP contribution in [-0.4, -0.2) is 12.6 Å². The number of nitrogens with zero attached hydrogens (tertiary/aromatic N) is 1. The van der Waals surface area contributed by atoms with E-state index in [4.69, 9.17) is 10.00 Å². The maximum atomic E-state index is 11.9. The van der Waals surface area contributed by atoms with Crippen LogP contribution in [-0.2, 0) is 4.74 Å². The maximum absolute atomic E-state index is 11.9. The molecular formula is C16H13NO2S. The highest BCUT2D eigenvalue weighted by molar-refractivity contribution is 7.99. The second kappa shape index (κ2) is 6.78. The van der Waals surface area contributed by atoms with Gasteiger partial charge in [0.1, 0.15) is 0 Å². The minimum Gasteiger partial charge on any atom is -0.462 e. The standard InChI is InChI=1S/C16H13NO2S/c1-2-19-16(18)14-5-3-4-6-15(14)20-13-9-7-12(11-17)8-10-13/h3-10H,2H2,1H3. The lowest BCUT2D eigenvalue weighted by Gasteiger charge is -2.08. The number of hydrogen-bond acceptors (Lipinski definition) is 4. The van der Waals surface area contributed by atoms with Crippen molar-refractivity contribution in [1.82, 2.24) is 0 Å². The molecule has 0 aliphatic heterocycles. The van der Waals surface area contributed by atoms with Crippen LogP contribution in [0.3, 0.4) is 0 Å². The molecule has 0 heterocycles. The molecule has 0 saturated heterocycles. The molecule has 20 heavy (non-hydrogen) atoms. The summed E-state index contributed by atoms with van der Waals surface area (Å²) >= 11 is 1.48. The van der Waals surface area contributed by atoms with Crippen molar-refractivity contribution in [2.45, 2.75) is 16.7 Å². The molecule has 2 aromatic rings. The normalized spacial score (nSPS) is 9.80. The Morgan fingerprint density at radius 3 is 2.55 bits per heavy atom. The second-order valence-electron chi connectivity index (χ2n) is 3.95. The van der Waals surface area contributed by atoms with Gasteiger partial charge in [0.05, 0.1) is 23.8 Å². The Morgan fingerprint density at radius 2 is 1.90 bits per heavy atom. The van der Waals surface area contributed by atoms with Gasteiger partial charge in [0, 0.05) is 9.79 Å². The van der Waals surface area contributed by atoms with E-state index in [0.717, 1.165) is 9.79 Å². The van der Waals surface area contributed by atoms with E-state index >= 15 is 0 Å². The predicted molar refractivity (Wildman–Crippen MR) is 77.7 cm³/mol. The molecule has 0 saturated carbocycles. The van der Waals surface area contributed by atoms with E-state index in [-0.39, 0.29) is 5.97 Å². The summed E-state index contributed by atoms with van der Waals surface area (Å²) < 4.78 is 5.05. The molecule has 0 aliphatic carbocycles. The monoisotopic (exact) mass is 283 g/mol. The Bertz CT molecular complexity index is 644. The van der Waals surface area contributed by atoms with Gasteiger partial charge < -0.3 is 4.74 Å². The molecule has 0 radical (unpaired) electrons. The van der Waals surface area contributed by atoms with Gasteiger partial charge >= 0.3 is 5.97 Å². The topological polar surface area (TPSA) is 50.1 Å². The molecular weight excluding hydrogens is 270 g/mol. The smallest absolute Gasteiger partial charge is 0.339 e. The average Bonchev–Trinajstić information content (AvgIpc) is 2.49. The Labute approximate surface area is 122 Å². The number of hydrogen-bond donors (Lipinski definition) is 0. The second-order valence-corrected chi connectivity index (χ2v) is 5.07. The van der Waals surface area contributed by atoms with Gasteiger partial charge in [-0.1, -0.05) is 23.9 Å². The summed E-state index contributed by atoms with van der Waals surface area (Å²) in [6, 6.07) is 16.7. The third-order valence-corrected chi connectivity index (χ3v) is 3.68. The van der Waals surface area contributed by atoms with Gasteiger partial charge in [-0.05, 0) is 43.3 Å². The van der Waals surface area contributed by atoms with E-state index in [0.29, 0.717) is 17.7 Å². The summed E-state index contributed by atoms with van der Waals surface area (Å²) in [4.78, 5) is 13.7. The van der Waals surface area contributed by atoms with Crippen molar-refractivity contribution in [2.24, 2.45) is 0 Å². The van der Waals surface area contributed by atoms with Crippen molar-refractivity contribution in [3.8, 4) is 6.07 Å². The van der Waals surface area contributed by atoms with Crippen LogP contribution in [0.15, 0.2) is 58.3 Å². The van der Waals surface area contributed by atoms with Crippen LogP contribution in [0.25, 0.3) is 0 Å². The lowest BCUT2D eigenvalue weighted by Crippen LogP contribution is -2.05. The summed E-state index contributed by atoms with van der Waals surface area (Å²) in [6.07, 6.45) is 0. The third kappa shape index (κ3) is 3.40. The first-order valence-electron chi connectivity index (χ1n) is 6.18. The van der Waals surface area contributed by atoms with Crippen LogP contribution in [0.1, 0.15) is 22.8 Å². The zero-order chi connectivity index (χ0) is 14.4. The van der Waals surface area contributed by atoms with Crippen molar-refractivity contribution in [3.05, 3.63) is 59.7 Å². The average molecular weight is 283 g/mol. The number of ether oxygens (including phenoxy) is 1. The van der Waals surface area contributed by atoms with Gasteiger partial charge in [-0.3, -0.25) is 0 Å². The van der Waals surface area contributed by atoms with Gasteiger partial charge in [-0.25, -0.2) is 4.79 Å². The number of nitriles is 1. The molecule has 4 heteroatoms. The molecule has 0 amide bonds. The molecule has 0 unspecified atom stereocenters. The van der Waals surface area contributed by atoms with Crippen LogP contribution in [0.2, 0.25) is 0 Å². The highest BCUT2D eigenvalue weighted by Crippen LogP contribution is 2.30. The molecule has 0 fully saturated rings. The van der Waals surface area contributed by atoms with E-state index in [1.165, 1.54) is 11.8 Å². The Hall–Kier alpha value is -2.25. The number of rotatable bonds is 4. The minimum absolute atomic E-state index is 0.316. The zero-order valence-corrected chi connectivity index (χ0v) is 11.8. The largest absolute Gasteiger partial charge is 0.462 e. The number of carbonyl (C=O) groups is 1. The van der Waals surface area contributed by atoms with Gasteiger partial charge in [0.15, 0.2) is 0 Å². The van der Waals surface area contributed by atoms with Gasteiger partial charge in [0.25, 0.3) is 0 Å². The first-order valence-corrected chi connectivity index (χ1v) is 7.00. The Morgan fingerprint density at radius 1 is 1.20 bits per heavy atom. The zero-order valence-electron chi connectivity index (χ0n) is 11.0. The Kier molecular flexibility index (Phi) is 4.80. The fourth-order valence-electron chi connectivity index (χ4n) is 1.66. The van der Waals surface area contributed by atoms with Crippen LogP contribution in [0, 0.1) is 11.3 Å². The summed E-state index contributed by atoms with van der Waals surface area (Å²) in [5, 5.41) is 8.78. The van der Waals surface area contributed by atoms with E-state index in [1.54, 1.807) is 25.1 Å². The molecule has 0 bridgehead atoms. The molecule has 0 aliphatic rings. The van der Waals surface area contributed by atoms with Crippen LogP contribution < -0.4 is 0 Å². The lowest BCUT2D eigenvalue weighted by atomic mass is 10.2. The van der Waals surface area contributed by atoms with Crippen molar-refractivity contribution >= 4 is 17.7 Å². The quantitative estimate of drug-likeness (QED) is 0.799. The van der Waals surface area contributed by atoms with Gasteiger partial charge in [-0.15, -0.1) is 0 Å². The number of esters is 1. The summed E-state index contributed by atoms with van der Waals surface area (Å²) in [5.74, 6) is -0.316. The van der Waals surface area contributed by atoms with E-state index in [2.05, 4.69) is 6.07 Å². The lowest BCUT2D eigenvalue weighted by molar-refractivity contribution is 0.0522. The van der Waals surface area contributed by atoms with Gasteiger partial charge in [0.2, 0.25) is 0 Å². The number of benzene rings is 2. The molecule has 0 spiro atoms. The van der Waals surface area contributed by atoms with Gasteiger partial charge in [-0.2, -0.15) is 5.26 Å². The van der Waals surface area contributed by atoms with E-state index < -0.39 is 0 Å². The summed E-state index contributed by atoms with van der Waals surface area (Å²) in [5.41, 5.74) is 1.18. The molecule has 100 valence electrons. The fraction of sp³-hybridized carbons (Fsp3) is 0.125. The molecule has 0 aromatic heterocycles. The SMILES string of the molecule is CCOC(=O)c1ccccc1Sc1ccc(C#N)cc1. The third-order valence-electron chi connectivity index (χ3n) is 2.59. The predicted octanol–water partition coefficient (Wildman–Crippen LogP) is 3.89. The molecule has 2 rings (SSSR count). The molecule has 0 atom stereocenters. The maximum Gasteiger partial charge on any atom is 0.339 e. The van der Waals surface area contributed by atoms with Crippen molar-refractivity contribution in [3.63, 3.8) is 0 Å². The van der Waals surface area contributed by atoms with E-state index in [1.807, 2.05) is 30.3 Å². The molecule has 3 nitrogen and oxygen atoms in total. The summed E-state index contributed by atoms with van der Waals surface area (Å²) in [6.45, 7) is 2.14. The molecule has 2 aromatic carbocycles. The van der Waals surface area contributed by atoms with E-state index in [9.17, 15) is 4.79 Å².